The summed E-state index contributed by atoms with van der Waals surface area (Å²) < 4.78 is 5.65. The number of ether oxygens (including phenoxy) is 1. The third-order valence-electron chi connectivity index (χ3n) is 4.15. The van der Waals surface area contributed by atoms with Crippen LogP contribution in [0, 0.1) is 13.8 Å². The van der Waals surface area contributed by atoms with E-state index >= 15 is 0 Å². The molecule has 1 aromatic heterocycles. The summed E-state index contributed by atoms with van der Waals surface area (Å²) in [6.07, 6.45) is 3.38. The second-order valence-corrected chi connectivity index (χ2v) is 7.05. The number of anilines is 3. The average Bonchev–Trinajstić information content (AvgIpc) is 2.65. The fourth-order valence-electron chi connectivity index (χ4n) is 2.84. The van der Waals surface area contributed by atoms with Gasteiger partial charge in [0.1, 0.15) is 5.75 Å². The smallest absolute Gasteiger partial charge is 0.257 e. The van der Waals surface area contributed by atoms with Gasteiger partial charge in [0.05, 0.1) is 23.6 Å². The van der Waals surface area contributed by atoms with Gasteiger partial charge >= 0.3 is 0 Å². The highest BCUT2D eigenvalue weighted by Crippen LogP contribution is 2.22. The van der Waals surface area contributed by atoms with E-state index in [1.165, 1.54) is 0 Å². The number of carbonyl (C=O) groups is 1. The Hall–Kier alpha value is -3.34. The lowest BCUT2D eigenvalue weighted by atomic mass is 10.1. The molecule has 3 rings (SSSR count). The first-order valence-electron chi connectivity index (χ1n) is 9.28. The maximum Gasteiger partial charge on any atom is 0.257 e. The fraction of sp³-hybridized carbons (Fsp3) is 0.217. The molecule has 0 aliphatic heterocycles. The predicted octanol–water partition coefficient (Wildman–Crippen LogP) is 5.48. The molecular weight excluding hydrogens is 350 g/mol. The van der Waals surface area contributed by atoms with Gasteiger partial charge in [0.15, 0.2) is 0 Å². The molecule has 2 N–H and O–H groups in total. The zero-order chi connectivity index (χ0) is 20.1. The minimum absolute atomic E-state index is 0.135. The molecule has 144 valence electrons. The number of aryl methyl sites for hydroxylation is 2. The molecule has 0 spiro atoms. The van der Waals surface area contributed by atoms with Crippen molar-refractivity contribution in [1.82, 2.24) is 4.98 Å². The molecule has 1 heterocycles. The number of benzene rings is 2. The van der Waals surface area contributed by atoms with Gasteiger partial charge < -0.3 is 15.4 Å². The van der Waals surface area contributed by atoms with Gasteiger partial charge in [-0.05, 0) is 69.7 Å². The molecule has 5 heteroatoms. The molecular formula is C23H25N3O2. The lowest BCUT2D eigenvalue weighted by Gasteiger charge is -2.12. The SMILES string of the molecule is Cc1ccc(NC(=O)c2cncc(Nc3ccc(OC(C)C)cc3)c2)c(C)c1. The molecule has 0 saturated carbocycles. The van der Waals surface area contributed by atoms with E-state index in [-0.39, 0.29) is 12.0 Å². The van der Waals surface area contributed by atoms with Crippen LogP contribution in [-0.4, -0.2) is 17.0 Å². The highest BCUT2D eigenvalue weighted by molar-refractivity contribution is 6.05. The van der Waals surface area contributed by atoms with Crippen molar-refractivity contribution >= 4 is 23.0 Å². The molecule has 2 aromatic carbocycles. The number of hydrogen-bond donors (Lipinski definition) is 2. The lowest BCUT2D eigenvalue weighted by molar-refractivity contribution is 0.102. The second-order valence-electron chi connectivity index (χ2n) is 7.05. The van der Waals surface area contributed by atoms with E-state index in [0.29, 0.717) is 5.56 Å². The van der Waals surface area contributed by atoms with Gasteiger partial charge in [0.25, 0.3) is 5.91 Å². The summed E-state index contributed by atoms with van der Waals surface area (Å²) in [4.78, 5) is 16.8. The molecule has 1 amide bonds. The molecule has 0 saturated heterocycles. The van der Waals surface area contributed by atoms with E-state index in [4.69, 9.17) is 4.74 Å². The summed E-state index contributed by atoms with van der Waals surface area (Å²) in [7, 11) is 0. The Morgan fingerprint density at radius 3 is 2.39 bits per heavy atom. The average molecular weight is 375 g/mol. The van der Waals surface area contributed by atoms with E-state index in [9.17, 15) is 4.79 Å². The highest BCUT2D eigenvalue weighted by atomic mass is 16.5. The number of amides is 1. The minimum Gasteiger partial charge on any atom is -0.491 e. The number of hydrogen-bond acceptors (Lipinski definition) is 4. The zero-order valence-electron chi connectivity index (χ0n) is 16.6. The molecule has 3 aromatic rings. The third-order valence-corrected chi connectivity index (χ3v) is 4.15. The summed E-state index contributed by atoms with van der Waals surface area (Å²) in [6.45, 7) is 7.99. The second kappa shape index (κ2) is 8.57. The van der Waals surface area contributed by atoms with Crippen LogP contribution in [0.2, 0.25) is 0 Å². The summed E-state index contributed by atoms with van der Waals surface area (Å²) in [5.41, 5.74) is 5.11. The minimum atomic E-state index is -0.191. The Balaban J connectivity index is 1.70. The molecule has 0 unspecified atom stereocenters. The normalized spacial score (nSPS) is 10.6. The molecule has 0 aliphatic rings. The number of pyridine rings is 1. The summed E-state index contributed by atoms with van der Waals surface area (Å²) in [5, 5.41) is 6.21. The lowest BCUT2D eigenvalue weighted by Crippen LogP contribution is -2.13. The maximum atomic E-state index is 12.6. The quantitative estimate of drug-likeness (QED) is 0.599. The summed E-state index contributed by atoms with van der Waals surface area (Å²) >= 11 is 0. The Labute approximate surface area is 165 Å². The molecule has 0 bridgehead atoms. The van der Waals surface area contributed by atoms with Gasteiger partial charge in [-0.3, -0.25) is 9.78 Å². The number of rotatable bonds is 6. The van der Waals surface area contributed by atoms with Crippen molar-refractivity contribution in [2.24, 2.45) is 0 Å². The van der Waals surface area contributed by atoms with Crippen molar-refractivity contribution < 1.29 is 9.53 Å². The van der Waals surface area contributed by atoms with Crippen molar-refractivity contribution in [3.63, 3.8) is 0 Å². The van der Waals surface area contributed by atoms with Crippen LogP contribution < -0.4 is 15.4 Å². The monoisotopic (exact) mass is 375 g/mol. The number of carbonyl (C=O) groups excluding carboxylic acids is 1. The number of nitrogens with zero attached hydrogens (tertiary/aromatic N) is 1. The molecule has 0 aliphatic carbocycles. The van der Waals surface area contributed by atoms with Crippen LogP contribution in [0.5, 0.6) is 5.75 Å². The van der Waals surface area contributed by atoms with Gasteiger partial charge in [-0.25, -0.2) is 0 Å². The standard InChI is InChI=1S/C23H25N3O2/c1-15(2)28-21-8-6-19(7-9-21)25-20-12-18(13-24-14-20)23(27)26-22-10-5-16(3)11-17(22)4/h5-15,25H,1-4H3,(H,26,27). The van der Waals surface area contributed by atoms with E-state index in [2.05, 4.69) is 15.6 Å². The third kappa shape index (κ3) is 5.10. The van der Waals surface area contributed by atoms with E-state index in [1.54, 1.807) is 18.5 Å². The predicted molar refractivity (Wildman–Crippen MR) is 114 cm³/mol. The van der Waals surface area contributed by atoms with Crippen molar-refractivity contribution in [2.75, 3.05) is 10.6 Å². The molecule has 0 fully saturated rings. The first-order chi connectivity index (χ1) is 13.4. The topological polar surface area (TPSA) is 63.2 Å². The van der Waals surface area contributed by atoms with E-state index in [1.807, 2.05) is 70.2 Å². The molecule has 28 heavy (non-hydrogen) atoms. The van der Waals surface area contributed by atoms with Crippen LogP contribution in [0.15, 0.2) is 60.9 Å². The van der Waals surface area contributed by atoms with Crippen molar-refractivity contribution in [1.29, 1.82) is 0 Å². The van der Waals surface area contributed by atoms with Crippen molar-refractivity contribution in [3.05, 3.63) is 77.6 Å². The zero-order valence-corrected chi connectivity index (χ0v) is 16.6. The van der Waals surface area contributed by atoms with Crippen LogP contribution in [0.1, 0.15) is 35.3 Å². The van der Waals surface area contributed by atoms with Crippen LogP contribution in [0.4, 0.5) is 17.1 Å². The van der Waals surface area contributed by atoms with Gasteiger partial charge in [0.2, 0.25) is 0 Å². The van der Waals surface area contributed by atoms with Crippen molar-refractivity contribution in [3.8, 4) is 5.75 Å². The van der Waals surface area contributed by atoms with Gasteiger partial charge in [-0.2, -0.15) is 0 Å². The Bertz CT molecular complexity index is 966. The Kier molecular flexibility index (Phi) is 5.94. The van der Waals surface area contributed by atoms with Crippen molar-refractivity contribution in [2.45, 2.75) is 33.8 Å². The maximum absolute atomic E-state index is 12.6. The van der Waals surface area contributed by atoms with Gasteiger partial charge in [0, 0.05) is 17.6 Å². The Morgan fingerprint density at radius 1 is 0.964 bits per heavy atom. The van der Waals surface area contributed by atoms with E-state index < -0.39 is 0 Å². The van der Waals surface area contributed by atoms with Gasteiger partial charge in [-0.1, -0.05) is 17.7 Å². The van der Waals surface area contributed by atoms with Crippen LogP contribution >= 0.6 is 0 Å². The van der Waals surface area contributed by atoms with Crippen LogP contribution in [-0.2, 0) is 0 Å². The largest absolute Gasteiger partial charge is 0.491 e. The highest BCUT2D eigenvalue weighted by Gasteiger charge is 2.09. The first-order valence-corrected chi connectivity index (χ1v) is 9.28. The number of nitrogens with one attached hydrogen (secondary N) is 2. The molecule has 0 radical (unpaired) electrons. The Morgan fingerprint density at radius 2 is 1.71 bits per heavy atom. The summed E-state index contributed by atoms with van der Waals surface area (Å²) in [5.74, 6) is 0.629. The molecule has 5 nitrogen and oxygen atoms in total. The van der Waals surface area contributed by atoms with E-state index in [0.717, 1.165) is 33.9 Å². The molecule has 0 atom stereocenters. The van der Waals surface area contributed by atoms with Crippen LogP contribution in [0.3, 0.4) is 0 Å². The summed E-state index contributed by atoms with van der Waals surface area (Å²) in [6, 6.07) is 15.4. The number of aromatic nitrogens is 1. The van der Waals surface area contributed by atoms with Crippen LogP contribution in [0.25, 0.3) is 0 Å². The van der Waals surface area contributed by atoms with Gasteiger partial charge in [-0.15, -0.1) is 0 Å². The fourth-order valence-corrected chi connectivity index (χ4v) is 2.84. The first kappa shape index (κ1) is 19.4.